The van der Waals surface area contributed by atoms with Gasteiger partial charge in [0.25, 0.3) is 0 Å². The smallest absolute Gasteiger partial charge is 0.340 e. The third kappa shape index (κ3) is 6.89. The van der Waals surface area contributed by atoms with Crippen LogP contribution in [0.3, 0.4) is 0 Å². The van der Waals surface area contributed by atoms with Crippen LogP contribution < -0.4 is 0 Å². The number of ether oxygens (including phenoxy) is 5. The molecule has 12 heteroatoms. The Morgan fingerprint density at radius 2 is 1.87 bits per heavy atom. The van der Waals surface area contributed by atoms with Crippen molar-refractivity contribution in [3.63, 3.8) is 0 Å². The van der Waals surface area contributed by atoms with Gasteiger partial charge >= 0.3 is 11.9 Å². The quantitative estimate of drug-likeness (QED) is 0.142. The molecule has 0 aromatic heterocycles. The lowest BCUT2D eigenvalue weighted by atomic mass is 9.80. The zero-order valence-electron chi connectivity index (χ0n) is 21.3. The van der Waals surface area contributed by atoms with Gasteiger partial charge in [-0.05, 0) is 26.7 Å². The van der Waals surface area contributed by atoms with Crippen LogP contribution in [0.15, 0.2) is 47.8 Å². The van der Waals surface area contributed by atoms with E-state index in [1.165, 1.54) is 6.08 Å². The Morgan fingerprint density at radius 3 is 2.53 bits per heavy atom. The Labute approximate surface area is 220 Å². The molecule has 12 nitrogen and oxygen atoms in total. The molecular formula is C26H36O12. The molecule has 2 fully saturated rings. The van der Waals surface area contributed by atoms with Gasteiger partial charge in [-0.25, -0.2) is 9.59 Å². The van der Waals surface area contributed by atoms with E-state index in [4.69, 9.17) is 28.8 Å². The van der Waals surface area contributed by atoms with Crippen LogP contribution in [-0.2, 0) is 33.3 Å². The minimum absolute atomic E-state index is 0.0492. The lowest BCUT2D eigenvalue weighted by molar-refractivity contribution is -0.340. The van der Waals surface area contributed by atoms with Gasteiger partial charge < -0.3 is 49.2 Å². The largest absolute Gasteiger partial charge is 0.471 e. The van der Waals surface area contributed by atoms with Gasteiger partial charge in [-0.1, -0.05) is 23.8 Å². The number of allylic oxidation sites excluding steroid dienone is 2. The first kappa shape index (κ1) is 30.0. The number of rotatable bonds is 10. The summed E-state index contributed by atoms with van der Waals surface area (Å²) in [6, 6.07) is 0. The Balaban J connectivity index is 1.66. The maximum absolute atomic E-state index is 12.6. The summed E-state index contributed by atoms with van der Waals surface area (Å²) in [5.74, 6) is -2.63. The number of aliphatic hydroxyl groups excluding tert-OH is 5. The summed E-state index contributed by atoms with van der Waals surface area (Å²) >= 11 is 0. The highest BCUT2D eigenvalue weighted by atomic mass is 16.8. The van der Waals surface area contributed by atoms with E-state index in [9.17, 15) is 30.0 Å². The van der Waals surface area contributed by atoms with Crippen LogP contribution in [0.5, 0.6) is 0 Å². The maximum atomic E-state index is 12.6. The standard InChI is InChI=1S/C26H36O12/c1-4-15-16-10-19(36-23(32)14(3)7-5-6-13(2)8-9-27)37-24(33)17(16)12-34-25(15)38-26-22(31)21(30)20(29)18(11-28)35-26/h4,7-8,12,15-16,18-22,25-31H,1,5-6,9-11H2,2-3H3/b13-8+,14-7+/t15-,16+,18+,19?,20+,21-,22+,25?,26-/m1/s1. The van der Waals surface area contributed by atoms with Gasteiger partial charge in [0.05, 0.1) is 25.0 Å². The van der Waals surface area contributed by atoms with Gasteiger partial charge in [-0.3, -0.25) is 0 Å². The van der Waals surface area contributed by atoms with Crippen LogP contribution in [0.4, 0.5) is 0 Å². The third-order valence-corrected chi connectivity index (χ3v) is 6.81. The highest BCUT2D eigenvalue weighted by Crippen LogP contribution is 2.40. The van der Waals surface area contributed by atoms with Crippen molar-refractivity contribution in [1.29, 1.82) is 0 Å². The van der Waals surface area contributed by atoms with Gasteiger partial charge in [0, 0.05) is 23.8 Å². The molecule has 3 aliphatic heterocycles. The van der Waals surface area contributed by atoms with Crippen molar-refractivity contribution >= 4 is 11.9 Å². The second kappa shape index (κ2) is 13.5. The lowest BCUT2D eigenvalue weighted by Gasteiger charge is -2.44. The molecule has 0 aromatic rings. The van der Waals surface area contributed by atoms with E-state index < -0.39 is 73.7 Å². The SMILES string of the molecule is C=C[C@H]1C(O[C@H]2O[C@@H](CO)[C@H](O)[C@@H](O)[C@@H]2O)OC=C2C(=O)OC(OC(=O)/C(C)=C/CC/C(C)=C/CO)C[C@H]21. The van der Waals surface area contributed by atoms with Crippen molar-refractivity contribution < 1.29 is 58.8 Å². The van der Waals surface area contributed by atoms with Crippen molar-refractivity contribution in [2.24, 2.45) is 11.8 Å². The molecule has 3 heterocycles. The fourth-order valence-corrected chi connectivity index (χ4v) is 4.49. The van der Waals surface area contributed by atoms with E-state index in [1.807, 2.05) is 6.92 Å². The highest BCUT2D eigenvalue weighted by molar-refractivity contribution is 5.91. The summed E-state index contributed by atoms with van der Waals surface area (Å²) in [5.41, 5.74) is 1.52. The Hall–Kier alpha value is -2.58. The van der Waals surface area contributed by atoms with Gasteiger partial charge in [0.15, 0.2) is 6.29 Å². The highest BCUT2D eigenvalue weighted by Gasteiger charge is 2.49. The molecule has 2 saturated heterocycles. The molecule has 0 radical (unpaired) electrons. The number of carbonyl (C=O) groups is 2. The molecule has 0 aromatic carbocycles. The van der Waals surface area contributed by atoms with Crippen molar-refractivity contribution in [2.45, 2.75) is 76.4 Å². The zero-order valence-corrected chi connectivity index (χ0v) is 21.3. The molecule has 0 bridgehead atoms. The van der Waals surface area contributed by atoms with Crippen molar-refractivity contribution in [3.05, 3.63) is 47.8 Å². The normalized spacial score (nSPS) is 35.9. The van der Waals surface area contributed by atoms with Crippen LogP contribution in [0, 0.1) is 11.8 Å². The number of esters is 2. The van der Waals surface area contributed by atoms with Crippen LogP contribution in [0.1, 0.15) is 33.1 Å². The van der Waals surface area contributed by atoms with Gasteiger partial charge in [-0.2, -0.15) is 0 Å². The number of aliphatic hydroxyl groups is 5. The number of hydrogen-bond acceptors (Lipinski definition) is 12. The maximum Gasteiger partial charge on any atom is 0.340 e. The second-order valence-corrected chi connectivity index (χ2v) is 9.47. The minimum Gasteiger partial charge on any atom is -0.471 e. The van der Waals surface area contributed by atoms with Crippen molar-refractivity contribution in [2.75, 3.05) is 13.2 Å². The summed E-state index contributed by atoms with van der Waals surface area (Å²) in [6.45, 7) is 6.58. The molecule has 3 aliphatic rings. The average Bonchev–Trinajstić information content (AvgIpc) is 2.88. The Morgan fingerprint density at radius 1 is 1.13 bits per heavy atom. The zero-order chi connectivity index (χ0) is 28.0. The molecule has 3 rings (SSSR count). The van der Waals surface area contributed by atoms with Crippen molar-refractivity contribution in [3.8, 4) is 0 Å². The number of cyclic esters (lactones) is 1. The molecule has 5 N–H and O–H groups in total. The third-order valence-electron chi connectivity index (χ3n) is 6.81. The summed E-state index contributed by atoms with van der Waals surface area (Å²) in [6.07, 6.45) is -2.41. The fraction of sp³-hybridized carbons (Fsp3) is 0.615. The number of hydrogen-bond donors (Lipinski definition) is 5. The molecule has 0 amide bonds. The second-order valence-electron chi connectivity index (χ2n) is 9.47. The minimum atomic E-state index is -1.64. The fourth-order valence-electron chi connectivity index (χ4n) is 4.49. The van der Waals surface area contributed by atoms with Crippen LogP contribution in [-0.4, -0.2) is 94.0 Å². The summed E-state index contributed by atoms with van der Waals surface area (Å²) < 4.78 is 27.4. The summed E-state index contributed by atoms with van der Waals surface area (Å²) in [7, 11) is 0. The van der Waals surface area contributed by atoms with Crippen LogP contribution in [0.25, 0.3) is 0 Å². The van der Waals surface area contributed by atoms with Crippen molar-refractivity contribution in [1.82, 2.24) is 0 Å². The number of carbonyl (C=O) groups excluding carboxylic acids is 2. The molecule has 0 aliphatic carbocycles. The first-order valence-electron chi connectivity index (χ1n) is 12.4. The Bertz CT molecular complexity index is 954. The predicted molar refractivity (Wildman–Crippen MR) is 129 cm³/mol. The first-order valence-corrected chi connectivity index (χ1v) is 12.4. The van der Waals surface area contributed by atoms with E-state index in [1.54, 1.807) is 19.1 Å². The Kier molecular flexibility index (Phi) is 10.6. The molecule has 38 heavy (non-hydrogen) atoms. The number of fused-ring (bicyclic) bond motifs is 1. The topological polar surface area (TPSA) is 181 Å². The molecule has 0 saturated carbocycles. The van der Waals surface area contributed by atoms with E-state index in [0.717, 1.165) is 11.8 Å². The monoisotopic (exact) mass is 540 g/mol. The van der Waals surface area contributed by atoms with E-state index in [0.29, 0.717) is 18.4 Å². The predicted octanol–water partition coefficient (Wildman–Crippen LogP) is -0.0572. The van der Waals surface area contributed by atoms with Gasteiger partial charge in [0.2, 0.25) is 12.6 Å². The van der Waals surface area contributed by atoms with Gasteiger partial charge in [-0.15, -0.1) is 6.58 Å². The molecule has 0 spiro atoms. The van der Waals surface area contributed by atoms with E-state index in [-0.39, 0.29) is 18.6 Å². The van der Waals surface area contributed by atoms with E-state index >= 15 is 0 Å². The summed E-state index contributed by atoms with van der Waals surface area (Å²) in [5, 5.41) is 48.7. The molecule has 9 atom stereocenters. The first-order chi connectivity index (χ1) is 18.1. The van der Waals surface area contributed by atoms with E-state index in [2.05, 4.69) is 6.58 Å². The summed E-state index contributed by atoms with van der Waals surface area (Å²) in [4.78, 5) is 25.2. The average molecular weight is 541 g/mol. The molecular weight excluding hydrogens is 504 g/mol. The molecule has 212 valence electrons. The van der Waals surface area contributed by atoms with Crippen LogP contribution in [0.2, 0.25) is 0 Å². The molecule has 2 unspecified atom stereocenters. The van der Waals surface area contributed by atoms with Gasteiger partial charge in [0.1, 0.15) is 24.4 Å². The lowest BCUT2D eigenvalue weighted by Crippen LogP contribution is -2.60. The van der Waals surface area contributed by atoms with Crippen LogP contribution >= 0.6 is 0 Å².